The summed E-state index contributed by atoms with van der Waals surface area (Å²) >= 11 is 3.23. The molecule has 0 saturated carbocycles. The van der Waals surface area contributed by atoms with E-state index < -0.39 is 0 Å². The fourth-order valence-corrected chi connectivity index (χ4v) is 3.00. The Morgan fingerprint density at radius 2 is 1.95 bits per heavy atom. The number of piperidine rings is 1. The molecule has 0 aromatic carbocycles. The van der Waals surface area contributed by atoms with Gasteiger partial charge < -0.3 is 14.2 Å². The van der Waals surface area contributed by atoms with Crippen molar-refractivity contribution >= 4 is 27.7 Å². The van der Waals surface area contributed by atoms with Crippen molar-refractivity contribution in [2.75, 3.05) is 27.2 Å². The molecule has 6 heteroatoms. The lowest BCUT2D eigenvalue weighted by atomic mass is 9.95. The zero-order valence-corrected chi connectivity index (χ0v) is 13.6. The lowest BCUT2D eigenvalue weighted by Crippen LogP contribution is -2.42. The van der Waals surface area contributed by atoms with Gasteiger partial charge in [-0.25, -0.2) is 0 Å². The average molecular weight is 343 g/mol. The molecule has 0 spiro atoms. The normalized spacial score (nSPS) is 16.3. The number of hydrogen-bond donors (Lipinski definition) is 0. The van der Waals surface area contributed by atoms with Gasteiger partial charge in [0, 0.05) is 38.7 Å². The quantitative estimate of drug-likeness (QED) is 0.828. The van der Waals surface area contributed by atoms with Gasteiger partial charge in [-0.2, -0.15) is 0 Å². The van der Waals surface area contributed by atoms with E-state index >= 15 is 0 Å². The number of rotatable bonds is 2. The van der Waals surface area contributed by atoms with Crippen LogP contribution in [-0.4, -0.2) is 48.8 Å². The fourth-order valence-electron chi connectivity index (χ4n) is 2.49. The minimum absolute atomic E-state index is 0.0264. The summed E-state index contributed by atoms with van der Waals surface area (Å²) in [5.74, 6) is 0.464. The number of carbonyl (C=O) groups is 2. The first-order valence-corrected chi connectivity index (χ1v) is 7.46. The Morgan fingerprint density at radius 3 is 2.40 bits per heavy atom. The Labute approximate surface area is 127 Å². The van der Waals surface area contributed by atoms with Crippen LogP contribution in [0.25, 0.3) is 0 Å². The molecular weight excluding hydrogens is 324 g/mol. The molecule has 0 radical (unpaired) electrons. The van der Waals surface area contributed by atoms with Crippen LogP contribution in [0, 0.1) is 12.8 Å². The molecule has 1 aliphatic heterocycles. The second-order valence-electron chi connectivity index (χ2n) is 5.36. The minimum Gasteiger partial charge on any atom is -0.444 e. The average Bonchev–Trinajstić information content (AvgIpc) is 2.76. The first kappa shape index (κ1) is 15.1. The highest BCUT2D eigenvalue weighted by Gasteiger charge is 2.30. The molecule has 1 aromatic heterocycles. The van der Waals surface area contributed by atoms with E-state index in [4.69, 9.17) is 4.42 Å². The number of aryl methyl sites for hydroxylation is 1. The number of likely N-dealkylation sites (tertiary alicyclic amines) is 1. The summed E-state index contributed by atoms with van der Waals surface area (Å²) in [6, 6.07) is 1.79. The number of carbonyl (C=O) groups excluding carboxylic acids is 2. The third-order valence-corrected chi connectivity index (χ3v) is 4.04. The van der Waals surface area contributed by atoms with Crippen LogP contribution >= 0.6 is 15.9 Å². The summed E-state index contributed by atoms with van der Waals surface area (Å²) in [5.41, 5.74) is 0.827. The van der Waals surface area contributed by atoms with E-state index in [1.165, 1.54) is 0 Å². The summed E-state index contributed by atoms with van der Waals surface area (Å²) in [6.07, 6.45) is 1.42. The summed E-state index contributed by atoms with van der Waals surface area (Å²) in [4.78, 5) is 27.6. The van der Waals surface area contributed by atoms with E-state index in [1.54, 1.807) is 30.0 Å². The lowest BCUT2D eigenvalue weighted by Gasteiger charge is -2.32. The second kappa shape index (κ2) is 5.99. The zero-order chi connectivity index (χ0) is 14.9. The molecule has 0 atom stereocenters. The number of nitrogens with zero attached hydrogens (tertiary/aromatic N) is 2. The lowest BCUT2D eigenvalue weighted by molar-refractivity contribution is -0.134. The minimum atomic E-state index is -0.0936. The molecule has 0 N–H and O–H groups in total. The maximum atomic E-state index is 12.4. The number of amides is 2. The molecule has 1 saturated heterocycles. The number of furan rings is 1. The van der Waals surface area contributed by atoms with Gasteiger partial charge in [-0.1, -0.05) is 0 Å². The second-order valence-corrected chi connectivity index (χ2v) is 6.14. The maximum Gasteiger partial charge on any atom is 0.289 e. The molecule has 1 aromatic rings. The first-order valence-electron chi connectivity index (χ1n) is 6.66. The molecule has 0 bridgehead atoms. The van der Waals surface area contributed by atoms with Crippen molar-refractivity contribution in [2.24, 2.45) is 5.92 Å². The molecule has 110 valence electrons. The Hall–Kier alpha value is -1.30. The Balaban J connectivity index is 1.99. The van der Waals surface area contributed by atoms with E-state index in [9.17, 15) is 9.59 Å². The third-order valence-electron chi connectivity index (χ3n) is 3.65. The van der Waals surface area contributed by atoms with Gasteiger partial charge >= 0.3 is 0 Å². The van der Waals surface area contributed by atoms with Gasteiger partial charge in [0.25, 0.3) is 5.91 Å². The van der Waals surface area contributed by atoms with Gasteiger partial charge in [0.15, 0.2) is 10.4 Å². The molecule has 2 heterocycles. The molecule has 5 nitrogen and oxygen atoms in total. The van der Waals surface area contributed by atoms with E-state index in [0.717, 1.165) is 5.56 Å². The highest BCUT2D eigenvalue weighted by molar-refractivity contribution is 9.10. The van der Waals surface area contributed by atoms with Crippen LogP contribution in [0.15, 0.2) is 15.2 Å². The summed E-state index contributed by atoms with van der Waals surface area (Å²) < 4.78 is 5.96. The van der Waals surface area contributed by atoms with Crippen molar-refractivity contribution in [1.82, 2.24) is 9.80 Å². The summed E-state index contributed by atoms with van der Waals surface area (Å²) in [5, 5.41) is 0. The van der Waals surface area contributed by atoms with E-state index in [2.05, 4.69) is 15.9 Å². The largest absolute Gasteiger partial charge is 0.444 e. The Kier molecular flexibility index (Phi) is 4.52. The molecule has 2 amide bonds. The van der Waals surface area contributed by atoms with Crippen molar-refractivity contribution in [3.05, 3.63) is 22.1 Å². The van der Waals surface area contributed by atoms with E-state index in [-0.39, 0.29) is 17.7 Å². The third kappa shape index (κ3) is 3.06. The molecule has 1 aliphatic rings. The Bertz CT molecular complexity index is 516. The highest BCUT2D eigenvalue weighted by Crippen LogP contribution is 2.24. The molecule has 0 unspecified atom stereocenters. The van der Waals surface area contributed by atoms with Crippen LogP contribution in [0.2, 0.25) is 0 Å². The Morgan fingerprint density at radius 1 is 1.35 bits per heavy atom. The van der Waals surface area contributed by atoms with Crippen LogP contribution in [0.5, 0.6) is 0 Å². The van der Waals surface area contributed by atoms with Crippen LogP contribution < -0.4 is 0 Å². The first-order chi connectivity index (χ1) is 9.40. The number of halogens is 1. The predicted molar refractivity (Wildman–Crippen MR) is 78.5 cm³/mol. The highest BCUT2D eigenvalue weighted by atomic mass is 79.9. The molecule has 2 rings (SSSR count). The van der Waals surface area contributed by atoms with Gasteiger partial charge in [0.2, 0.25) is 5.91 Å². The van der Waals surface area contributed by atoms with Crippen LogP contribution in [0.4, 0.5) is 0 Å². The zero-order valence-electron chi connectivity index (χ0n) is 12.0. The van der Waals surface area contributed by atoms with Crippen molar-refractivity contribution in [2.45, 2.75) is 19.8 Å². The van der Waals surface area contributed by atoms with Crippen molar-refractivity contribution in [3.63, 3.8) is 0 Å². The molecule has 0 aliphatic carbocycles. The fraction of sp³-hybridized carbons (Fsp3) is 0.571. The van der Waals surface area contributed by atoms with E-state index in [0.29, 0.717) is 36.4 Å². The van der Waals surface area contributed by atoms with Gasteiger partial charge in [0.05, 0.1) is 0 Å². The van der Waals surface area contributed by atoms with Gasteiger partial charge in [-0.15, -0.1) is 0 Å². The van der Waals surface area contributed by atoms with E-state index in [1.807, 2.05) is 6.92 Å². The van der Waals surface area contributed by atoms with Crippen LogP contribution in [0.1, 0.15) is 29.0 Å². The standard InChI is InChI=1S/C14H19BrN2O3/c1-9-8-11(15)20-12(9)14(19)17-6-4-10(5-7-17)13(18)16(2)3/h8,10H,4-7H2,1-3H3. The predicted octanol–water partition coefficient (Wildman–Crippen LogP) is 2.29. The molecule has 1 fully saturated rings. The summed E-state index contributed by atoms with van der Waals surface area (Å²) in [7, 11) is 3.53. The number of hydrogen-bond acceptors (Lipinski definition) is 3. The van der Waals surface area contributed by atoms with Crippen molar-refractivity contribution in [3.8, 4) is 0 Å². The van der Waals surface area contributed by atoms with Gasteiger partial charge in [-0.3, -0.25) is 9.59 Å². The maximum absolute atomic E-state index is 12.4. The smallest absolute Gasteiger partial charge is 0.289 e. The SMILES string of the molecule is Cc1cc(Br)oc1C(=O)N1CCC(C(=O)N(C)C)CC1. The van der Waals surface area contributed by atoms with Crippen LogP contribution in [0.3, 0.4) is 0 Å². The molecule has 20 heavy (non-hydrogen) atoms. The summed E-state index contributed by atoms with van der Waals surface area (Å²) in [6.45, 7) is 3.05. The molecular formula is C14H19BrN2O3. The topological polar surface area (TPSA) is 53.8 Å². The monoisotopic (exact) mass is 342 g/mol. The van der Waals surface area contributed by atoms with Gasteiger partial charge in [-0.05, 0) is 41.8 Å². The van der Waals surface area contributed by atoms with Crippen LogP contribution in [-0.2, 0) is 4.79 Å². The van der Waals surface area contributed by atoms with Gasteiger partial charge in [0.1, 0.15) is 0 Å². The van der Waals surface area contributed by atoms with Crippen molar-refractivity contribution < 1.29 is 14.0 Å². The van der Waals surface area contributed by atoms with Crippen molar-refractivity contribution in [1.29, 1.82) is 0 Å².